The summed E-state index contributed by atoms with van der Waals surface area (Å²) < 4.78 is 14.9. The van der Waals surface area contributed by atoms with Crippen LogP contribution in [0.5, 0.6) is 0 Å². The van der Waals surface area contributed by atoms with E-state index in [9.17, 15) is 19.3 Å². The van der Waals surface area contributed by atoms with Crippen molar-refractivity contribution in [2.45, 2.75) is 6.92 Å². The molecule has 1 heterocycles. The Morgan fingerprint density at radius 3 is 2.68 bits per heavy atom. The Morgan fingerprint density at radius 1 is 1.53 bits per heavy atom. The van der Waals surface area contributed by atoms with Crippen LogP contribution in [0.1, 0.15) is 15.9 Å². The molecule has 98 valence electrons. The Hall–Kier alpha value is -2.77. The van der Waals surface area contributed by atoms with E-state index in [1.807, 2.05) is 0 Å². The van der Waals surface area contributed by atoms with Crippen molar-refractivity contribution >= 4 is 11.7 Å². The van der Waals surface area contributed by atoms with Crippen molar-refractivity contribution in [1.82, 2.24) is 9.78 Å². The van der Waals surface area contributed by atoms with E-state index < -0.39 is 28.0 Å². The summed E-state index contributed by atoms with van der Waals surface area (Å²) in [6.07, 6.45) is 2.94. The SMILES string of the molecule is Cc1cnn(-c2cc(C(=O)O)c([N+](=O)[O-])cc2F)c1. The number of halogens is 1. The monoisotopic (exact) mass is 265 g/mol. The topological polar surface area (TPSA) is 98.3 Å². The van der Waals surface area contributed by atoms with Crippen molar-refractivity contribution in [3.05, 3.63) is 51.6 Å². The number of nitro groups is 1. The molecule has 19 heavy (non-hydrogen) atoms. The molecule has 7 nitrogen and oxygen atoms in total. The highest BCUT2D eigenvalue weighted by atomic mass is 19.1. The molecule has 0 bridgehead atoms. The highest BCUT2D eigenvalue weighted by Gasteiger charge is 2.24. The van der Waals surface area contributed by atoms with Gasteiger partial charge in [0, 0.05) is 6.20 Å². The second-order valence-electron chi connectivity index (χ2n) is 3.85. The Labute approximate surface area is 106 Å². The van der Waals surface area contributed by atoms with Crippen LogP contribution in [0.2, 0.25) is 0 Å². The van der Waals surface area contributed by atoms with Gasteiger partial charge < -0.3 is 5.11 Å². The van der Waals surface area contributed by atoms with Crippen molar-refractivity contribution in [2.75, 3.05) is 0 Å². The van der Waals surface area contributed by atoms with E-state index in [0.717, 1.165) is 16.3 Å². The van der Waals surface area contributed by atoms with Crippen molar-refractivity contribution in [1.29, 1.82) is 0 Å². The molecule has 2 rings (SSSR count). The largest absolute Gasteiger partial charge is 0.477 e. The van der Waals surface area contributed by atoms with Crippen LogP contribution in [0.3, 0.4) is 0 Å². The van der Waals surface area contributed by atoms with Gasteiger partial charge in [-0.1, -0.05) is 0 Å². The van der Waals surface area contributed by atoms with Crippen LogP contribution >= 0.6 is 0 Å². The Morgan fingerprint density at radius 2 is 2.21 bits per heavy atom. The number of carboxylic acids is 1. The normalized spacial score (nSPS) is 10.4. The van der Waals surface area contributed by atoms with Gasteiger partial charge in [0.1, 0.15) is 11.3 Å². The molecule has 0 unspecified atom stereocenters. The van der Waals surface area contributed by atoms with E-state index in [0.29, 0.717) is 6.07 Å². The lowest BCUT2D eigenvalue weighted by Crippen LogP contribution is -2.07. The van der Waals surface area contributed by atoms with Gasteiger partial charge in [-0.05, 0) is 18.6 Å². The average molecular weight is 265 g/mol. The number of carboxylic acid groups (broad SMARTS) is 1. The number of nitrogens with zero attached hydrogens (tertiary/aromatic N) is 3. The maximum atomic E-state index is 13.8. The lowest BCUT2D eigenvalue weighted by Gasteiger charge is -2.05. The minimum absolute atomic E-state index is 0.156. The van der Waals surface area contributed by atoms with E-state index in [-0.39, 0.29) is 5.69 Å². The fourth-order valence-electron chi connectivity index (χ4n) is 1.59. The lowest BCUT2D eigenvalue weighted by molar-refractivity contribution is -0.385. The zero-order valence-corrected chi connectivity index (χ0v) is 9.70. The van der Waals surface area contributed by atoms with E-state index in [1.165, 1.54) is 12.4 Å². The van der Waals surface area contributed by atoms with Gasteiger partial charge in [0.05, 0.1) is 17.2 Å². The number of aromatic nitrogens is 2. The molecule has 1 aromatic carbocycles. The van der Waals surface area contributed by atoms with Crippen LogP contribution in [0, 0.1) is 22.9 Å². The molecule has 0 saturated carbocycles. The van der Waals surface area contributed by atoms with Gasteiger partial charge in [0.25, 0.3) is 5.69 Å². The zero-order valence-electron chi connectivity index (χ0n) is 9.70. The van der Waals surface area contributed by atoms with Crippen LogP contribution in [0.4, 0.5) is 10.1 Å². The minimum atomic E-state index is -1.50. The molecule has 0 aliphatic heterocycles. The van der Waals surface area contributed by atoms with Gasteiger partial charge in [0.15, 0.2) is 5.82 Å². The van der Waals surface area contributed by atoms with Crippen LogP contribution < -0.4 is 0 Å². The number of nitro benzene ring substituents is 1. The third kappa shape index (κ3) is 2.28. The molecule has 0 spiro atoms. The third-order valence-corrected chi connectivity index (χ3v) is 2.45. The van der Waals surface area contributed by atoms with Gasteiger partial charge in [-0.2, -0.15) is 5.10 Å². The second-order valence-corrected chi connectivity index (χ2v) is 3.85. The number of aryl methyl sites for hydroxylation is 1. The molecule has 1 N–H and O–H groups in total. The van der Waals surface area contributed by atoms with Gasteiger partial charge >= 0.3 is 5.97 Å². The van der Waals surface area contributed by atoms with E-state index in [4.69, 9.17) is 5.11 Å². The summed E-state index contributed by atoms with van der Waals surface area (Å²) in [5, 5.41) is 23.4. The number of hydrogen-bond donors (Lipinski definition) is 1. The van der Waals surface area contributed by atoms with Gasteiger partial charge in [-0.25, -0.2) is 13.9 Å². The molecular formula is C11H8FN3O4. The quantitative estimate of drug-likeness (QED) is 0.675. The molecule has 0 atom stereocenters. The minimum Gasteiger partial charge on any atom is -0.477 e. The fraction of sp³-hybridized carbons (Fsp3) is 0.0909. The summed E-state index contributed by atoms with van der Waals surface area (Å²) in [7, 11) is 0. The van der Waals surface area contributed by atoms with Crippen molar-refractivity contribution < 1.29 is 19.2 Å². The Bertz CT molecular complexity index is 681. The van der Waals surface area contributed by atoms with Crippen molar-refractivity contribution in [3.8, 4) is 5.69 Å². The summed E-state index contributed by atoms with van der Waals surface area (Å²) in [6.45, 7) is 1.73. The van der Waals surface area contributed by atoms with Gasteiger partial charge in [-0.3, -0.25) is 10.1 Å². The summed E-state index contributed by atoms with van der Waals surface area (Å²) in [4.78, 5) is 20.7. The zero-order chi connectivity index (χ0) is 14.2. The predicted octanol–water partition coefficient (Wildman–Crippen LogP) is 1.93. The van der Waals surface area contributed by atoms with Crippen LogP contribution in [-0.4, -0.2) is 25.8 Å². The maximum absolute atomic E-state index is 13.8. The van der Waals surface area contributed by atoms with Crippen molar-refractivity contribution in [3.63, 3.8) is 0 Å². The predicted molar refractivity (Wildman–Crippen MR) is 61.9 cm³/mol. The smallest absolute Gasteiger partial charge is 0.342 e. The van der Waals surface area contributed by atoms with E-state index in [1.54, 1.807) is 6.92 Å². The van der Waals surface area contributed by atoms with E-state index in [2.05, 4.69) is 5.10 Å². The summed E-state index contributed by atoms with van der Waals surface area (Å²) in [5.74, 6) is -2.42. The molecular weight excluding hydrogens is 257 g/mol. The molecule has 0 aliphatic rings. The molecule has 0 saturated heterocycles. The highest BCUT2D eigenvalue weighted by Crippen LogP contribution is 2.25. The first-order chi connectivity index (χ1) is 8.90. The summed E-state index contributed by atoms with van der Waals surface area (Å²) in [5.41, 5.74) is -0.794. The molecule has 0 aliphatic carbocycles. The first kappa shape index (κ1) is 12.7. The highest BCUT2D eigenvalue weighted by molar-refractivity contribution is 5.93. The first-order valence-corrected chi connectivity index (χ1v) is 5.13. The standard InChI is InChI=1S/C11H8FN3O4/c1-6-4-13-14(5-6)10-2-7(11(16)17)9(15(18)19)3-8(10)12/h2-5H,1H3,(H,16,17). The molecule has 2 aromatic rings. The third-order valence-electron chi connectivity index (χ3n) is 2.45. The maximum Gasteiger partial charge on any atom is 0.342 e. The molecule has 0 amide bonds. The average Bonchev–Trinajstić information content (AvgIpc) is 2.74. The number of carbonyl (C=O) groups is 1. The summed E-state index contributed by atoms with van der Waals surface area (Å²) in [6, 6.07) is 1.47. The van der Waals surface area contributed by atoms with Gasteiger partial charge in [0.2, 0.25) is 0 Å². The molecule has 0 fully saturated rings. The van der Waals surface area contributed by atoms with Crippen LogP contribution in [0.25, 0.3) is 5.69 Å². The first-order valence-electron chi connectivity index (χ1n) is 5.13. The summed E-state index contributed by atoms with van der Waals surface area (Å²) >= 11 is 0. The van der Waals surface area contributed by atoms with Crippen LogP contribution in [-0.2, 0) is 0 Å². The molecule has 0 radical (unpaired) electrons. The fourth-order valence-corrected chi connectivity index (χ4v) is 1.59. The van der Waals surface area contributed by atoms with E-state index >= 15 is 0 Å². The number of benzene rings is 1. The van der Waals surface area contributed by atoms with Gasteiger partial charge in [-0.15, -0.1) is 0 Å². The number of hydrogen-bond acceptors (Lipinski definition) is 4. The molecule has 8 heteroatoms. The number of rotatable bonds is 3. The van der Waals surface area contributed by atoms with Crippen LogP contribution in [0.15, 0.2) is 24.5 Å². The Kier molecular flexibility index (Phi) is 2.99. The second kappa shape index (κ2) is 4.48. The van der Waals surface area contributed by atoms with Crippen molar-refractivity contribution in [2.24, 2.45) is 0 Å². The molecule has 1 aromatic heterocycles. The lowest BCUT2D eigenvalue weighted by atomic mass is 10.1. The Balaban J connectivity index is 2.67. The number of aromatic carboxylic acids is 1.